The standard InChI is InChI=1S/C50H67NO6/c1-34(32-56-31-28-51-26-29-55-30-27-51)38-18-23-50(45(54)57-33-35-10-8-7-9-11-35)25-24-48(5)40(43(38)50)16-17-42-47(4)21-19-39(36-12-14-37(15-13-36)44(52)53)46(2,3)41(47)20-22-49(42,48)6/h7-15,19,38,40-43H,1,16-18,20-33H2,2-6H3,(H,52,53)/t38-,40+,41-,42+,43+,47-,48+,49+,50-/m0/s1. The molecule has 4 saturated carbocycles. The second-order valence-electron chi connectivity index (χ2n) is 20.1. The molecule has 308 valence electrons. The number of aromatic carboxylic acids is 1. The third-order valence-electron chi connectivity index (χ3n) is 17.5. The smallest absolute Gasteiger partial charge is 0.335 e. The van der Waals surface area contributed by atoms with Gasteiger partial charge in [0.05, 0.1) is 37.4 Å². The number of hydrogen-bond donors (Lipinski definition) is 1. The number of esters is 1. The lowest BCUT2D eigenvalue weighted by Crippen LogP contribution is -2.66. The van der Waals surface area contributed by atoms with Gasteiger partial charge >= 0.3 is 11.9 Å². The van der Waals surface area contributed by atoms with Crippen LogP contribution in [0.25, 0.3) is 5.57 Å². The zero-order valence-electron chi connectivity index (χ0n) is 35.3. The Kier molecular flexibility index (Phi) is 10.9. The summed E-state index contributed by atoms with van der Waals surface area (Å²) in [5, 5.41) is 9.55. The molecule has 7 heteroatoms. The van der Waals surface area contributed by atoms with E-state index in [1.807, 2.05) is 42.5 Å². The summed E-state index contributed by atoms with van der Waals surface area (Å²) in [6, 6.07) is 17.7. The van der Waals surface area contributed by atoms with Gasteiger partial charge in [-0.25, -0.2) is 4.79 Å². The van der Waals surface area contributed by atoms with E-state index in [1.165, 1.54) is 24.8 Å². The number of carboxylic acid groups (broad SMARTS) is 1. The summed E-state index contributed by atoms with van der Waals surface area (Å²) in [6.45, 7) is 23.5. The molecule has 0 aromatic heterocycles. The lowest BCUT2D eigenvalue weighted by Gasteiger charge is -2.72. The Labute approximate surface area is 341 Å². The number of benzene rings is 2. The maximum atomic E-state index is 14.7. The fraction of sp³-hybridized carbons (Fsp3) is 0.640. The largest absolute Gasteiger partial charge is 0.478 e. The van der Waals surface area contributed by atoms with Crippen LogP contribution < -0.4 is 0 Å². The van der Waals surface area contributed by atoms with Crippen molar-refractivity contribution < 1.29 is 28.9 Å². The van der Waals surface area contributed by atoms with Gasteiger partial charge in [-0.3, -0.25) is 9.69 Å². The highest BCUT2D eigenvalue weighted by molar-refractivity contribution is 5.88. The van der Waals surface area contributed by atoms with Crippen molar-refractivity contribution in [3.63, 3.8) is 0 Å². The van der Waals surface area contributed by atoms with Crippen molar-refractivity contribution in [2.24, 2.45) is 56.7 Å². The Bertz CT molecular complexity index is 1850. The summed E-state index contributed by atoms with van der Waals surface area (Å²) in [5.74, 6) is 1.05. The molecule has 5 aliphatic carbocycles. The van der Waals surface area contributed by atoms with Crippen LogP contribution in [0.15, 0.2) is 72.8 Å². The monoisotopic (exact) mass is 777 g/mol. The van der Waals surface area contributed by atoms with Crippen LogP contribution in [-0.2, 0) is 25.6 Å². The third-order valence-corrected chi connectivity index (χ3v) is 17.5. The number of carbonyl (C=O) groups is 2. The van der Waals surface area contributed by atoms with Crippen LogP contribution in [0.4, 0.5) is 0 Å². The van der Waals surface area contributed by atoms with Crippen LogP contribution in [0.3, 0.4) is 0 Å². The number of carbonyl (C=O) groups excluding carboxylic acids is 1. The van der Waals surface area contributed by atoms with Gasteiger partial charge in [-0.2, -0.15) is 0 Å². The molecule has 7 nitrogen and oxygen atoms in total. The van der Waals surface area contributed by atoms with E-state index in [9.17, 15) is 14.7 Å². The van der Waals surface area contributed by atoms with Crippen molar-refractivity contribution in [3.8, 4) is 0 Å². The second-order valence-corrected chi connectivity index (χ2v) is 20.1. The van der Waals surface area contributed by atoms with E-state index in [0.717, 1.165) is 88.1 Å². The summed E-state index contributed by atoms with van der Waals surface area (Å²) < 4.78 is 18.3. The molecule has 8 rings (SSSR count). The van der Waals surface area contributed by atoms with Gasteiger partial charge in [-0.15, -0.1) is 0 Å². The van der Waals surface area contributed by atoms with E-state index in [4.69, 9.17) is 20.8 Å². The fourth-order valence-electron chi connectivity index (χ4n) is 14.5. The molecular formula is C50H67NO6. The number of carboxylic acids is 1. The zero-order valence-corrected chi connectivity index (χ0v) is 35.3. The number of morpholine rings is 1. The van der Waals surface area contributed by atoms with Crippen LogP contribution in [0.1, 0.15) is 114 Å². The summed E-state index contributed by atoms with van der Waals surface area (Å²) in [5.41, 5.74) is 4.87. The van der Waals surface area contributed by atoms with Crippen molar-refractivity contribution in [1.82, 2.24) is 4.90 Å². The van der Waals surface area contributed by atoms with Gasteiger partial charge in [0.2, 0.25) is 0 Å². The first-order valence-corrected chi connectivity index (χ1v) is 22.1. The van der Waals surface area contributed by atoms with Crippen LogP contribution >= 0.6 is 0 Å². The predicted molar refractivity (Wildman–Crippen MR) is 224 cm³/mol. The number of hydrogen-bond acceptors (Lipinski definition) is 6. The maximum Gasteiger partial charge on any atom is 0.335 e. The van der Waals surface area contributed by atoms with Crippen LogP contribution in [-0.4, -0.2) is 68.0 Å². The molecule has 0 radical (unpaired) electrons. The van der Waals surface area contributed by atoms with Crippen molar-refractivity contribution >= 4 is 17.5 Å². The fourth-order valence-corrected chi connectivity index (χ4v) is 14.5. The lowest BCUT2D eigenvalue weighted by atomic mass is 9.32. The van der Waals surface area contributed by atoms with Crippen LogP contribution in [0, 0.1) is 56.7 Å². The molecule has 1 heterocycles. The second kappa shape index (κ2) is 15.4. The average Bonchev–Trinajstić information content (AvgIpc) is 3.60. The normalized spacial score (nSPS) is 37.1. The molecule has 0 amide bonds. The molecule has 9 atom stereocenters. The van der Waals surface area contributed by atoms with Crippen LogP contribution in [0.5, 0.6) is 0 Å². The Morgan fingerprint density at radius 2 is 1.60 bits per heavy atom. The van der Waals surface area contributed by atoms with E-state index in [2.05, 4.69) is 45.6 Å². The van der Waals surface area contributed by atoms with Crippen molar-refractivity contribution in [2.45, 2.75) is 99.0 Å². The minimum Gasteiger partial charge on any atom is -0.478 e. The van der Waals surface area contributed by atoms with Gasteiger partial charge in [0.25, 0.3) is 0 Å². The van der Waals surface area contributed by atoms with Crippen molar-refractivity contribution in [2.75, 3.05) is 46.1 Å². The highest BCUT2D eigenvalue weighted by atomic mass is 16.5. The minimum atomic E-state index is -0.883. The van der Waals surface area contributed by atoms with Gasteiger partial charge in [-0.1, -0.05) is 89.7 Å². The highest BCUT2D eigenvalue weighted by Gasteiger charge is 2.72. The predicted octanol–water partition coefficient (Wildman–Crippen LogP) is 10.1. The molecule has 1 N–H and O–H groups in total. The molecule has 0 spiro atoms. The van der Waals surface area contributed by atoms with Crippen molar-refractivity contribution in [1.29, 1.82) is 0 Å². The number of allylic oxidation sites excluding steroid dienone is 2. The Morgan fingerprint density at radius 1 is 0.860 bits per heavy atom. The van der Waals surface area contributed by atoms with Gasteiger partial charge in [0.1, 0.15) is 6.61 Å². The minimum absolute atomic E-state index is 0.00738. The number of ether oxygens (including phenoxy) is 3. The molecule has 1 saturated heterocycles. The van der Waals surface area contributed by atoms with Gasteiger partial charge in [-0.05, 0) is 143 Å². The topological polar surface area (TPSA) is 85.3 Å². The number of fused-ring (bicyclic) bond motifs is 7. The summed E-state index contributed by atoms with van der Waals surface area (Å²) >= 11 is 0. The Hall–Kier alpha value is -3.26. The van der Waals surface area contributed by atoms with E-state index >= 15 is 0 Å². The molecule has 1 aliphatic heterocycles. The van der Waals surface area contributed by atoms with E-state index < -0.39 is 11.4 Å². The SMILES string of the molecule is C=C(COCCN1CCOCC1)[C@@H]1CC[C@]2(C(=O)OCc3ccccc3)CC[C@]3(C)[C@H](CC[C@@H]4[C@@]5(C)CC=C(c6ccc(C(=O)O)cc6)C(C)(C)[C@@H]5CC[C@]43C)[C@@H]12. The maximum absolute atomic E-state index is 14.7. The van der Waals surface area contributed by atoms with Gasteiger partial charge in [0.15, 0.2) is 0 Å². The molecule has 2 aromatic rings. The Morgan fingerprint density at radius 3 is 2.32 bits per heavy atom. The molecule has 2 aromatic carbocycles. The molecule has 0 bridgehead atoms. The first-order chi connectivity index (χ1) is 27.2. The molecule has 0 unspecified atom stereocenters. The molecule has 57 heavy (non-hydrogen) atoms. The first-order valence-electron chi connectivity index (χ1n) is 22.1. The third kappa shape index (κ3) is 6.76. The zero-order chi connectivity index (χ0) is 40.2. The number of nitrogens with zero attached hydrogens (tertiary/aromatic N) is 1. The molecular weight excluding hydrogens is 711 g/mol. The number of rotatable bonds is 11. The molecule has 6 aliphatic rings. The van der Waals surface area contributed by atoms with Gasteiger partial charge in [0, 0.05) is 19.6 Å². The summed E-state index contributed by atoms with van der Waals surface area (Å²) in [4.78, 5) is 28.7. The highest BCUT2D eigenvalue weighted by Crippen LogP contribution is 2.78. The summed E-state index contributed by atoms with van der Waals surface area (Å²) in [7, 11) is 0. The lowest BCUT2D eigenvalue weighted by molar-refractivity contribution is -0.229. The van der Waals surface area contributed by atoms with Crippen molar-refractivity contribution in [3.05, 3.63) is 89.5 Å². The average molecular weight is 778 g/mol. The van der Waals surface area contributed by atoms with E-state index in [-0.39, 0.29) is 39.5 Å². The van der Waals surface area contributed by atoms with Crippen LogP contribution in [0.2, 0.25) is 0 Å². The Balaban J connectivity index is 1.07. The van der Waals surface area contributed by atoms with Gasteiger partial charge < -0.3 is 19.3 Å². The quantitative estimate of drug-likeness (QED) is 0.138. The van der Waals surface area contributed by atoms with E-state index in [0.29, 0.717) is 43.1 Å². The summed E-state index contributed by atoms with van der Waals surface area (Å²) in [6.07, 6.45) is 12.0. The van der Waals surface area contributed by atoms with E-state index in [1.54, 1.807) is 12.1 Å². The first kappa shape index (κ1) is 40.5. The molecule has 5 fully saturated rings.